The van der Waals surface area contributed by atoms with E-state index in [1.54, 1.807) is 7.11 Å². The highest BCUT2D eigenvalue weighted by Gasteiger charge is 2.18. The second kappa shape index (κ2) is 3.67. The maximum atomic E-state index is 11.2. The molecule has 0 amide bonds. The third-order valence-corrected chi connectivity index (χ3v) is 2.14. The molecule has 2 heteroatoms. The van der Waals surface area contributed by atoms with Gasteiger partial charge in [0.15, 0.2) is 5.78 Å². The van der Waals surface area contributed by atoms with Crippen LogP contribution in [0.5, 0.6) is 0 Å². The van der Waals surface area contributed by atoms with E-state index in [4.69, 9.17) is 4.74 Å². The summed E-state index contributed by atoms with van der Waals surface area (Å²) < 4.78 is 4.91. The van der Waals surface area contributed by atoms with Crippen LogP contribution >= 0.6 is 0 Å². The van der Waals surface area contributed by atoms with Crippen LogP contribution in [0, 0.1) is 0 Å². The van der Waals surface area contributed by atoms with Crippen LogP contribution in [0.15, 0.2) is 11.1 Å². The van der Waals surface area contributed by atoms with Crippen molar-refractivity contribution in [3.8, 4) is 0 Å². The zero-order valence-corrected chi connectivity index (χ0v) is 7.14. The molecule has 1 aliphatic carbocycles. The Kier molecular flexibility index (Phi) is 2.83. The molecule has 0 bridgehead atoms. The molecule has 2 nitrogen and oxygen atoms in total. The molecule has 0 unspecified atom stereocenters. The summed E-state index contributed by atoms with van der Waals surface area (Å²) in [5, 5.41) is 0. The molecule has 0 spiro atoms. The van der Waals surface area contributed by atoms with E-state index < -0.39 is 0 Å². The number of hydrogen-bond acceptors (Lipinski definition) is 2. The molecule has 0 atom stereocenters. The number of hydrogen-bond donors (Lipinski definition) is 0. The third kappa shape index (κ3) is 1.90. The molecular formula is C9H14O2. The van der Waals surface area contributed by atoms with E-state index in [1.165, 1.54) is 5.57 Å². The van der Waals surface area contributed by atoms with Crippen molar-refractivity contribution in [1.29, 1.82) is 0 Å². The third-order valence-electron chi connectivity index (χ3n) is 2.14. The second-order valence-electron chi connectivity index (χ2n) is 2.92. The fraction of sp³-hybridized carbons (Fsp3) is 0.667. The van der Waals surface area contributed by atoms with Gasteiger partial charge in [-0.15, -0.1) is 0 Å². The summed E-state index contributed by atoms with van der Waals surface area (Å²) >= 11 is 0. The van der Waals surface area contributed by atoms with Gasteiger partial charge in [-0.2, -0.15) is 0 Å². The largest absolute Gasteiger partial charge is 0.384 e. The van der Waals surface area contributed by atoms with Crippen LogP contribution in [0.2, 0.25) is 0 Å². The summed E-state index contributed by atoms with van der Waals surface area (Å²) in [5.74, 6) is 0.319. The highest BCUT2D eigenvalue weighted by molar-refractivity contribution is 5.98. The molecule has 0 aromatic carbocycles. The van der Waals surface area contributed by atoms with Crippen molar-refractivity contribution in [2.75, 3.05) is 13.7 Å². The quantitative estimate of drug-likeness (QED) is 0.618. The summed E-state index contributed by atoms with van der Waals surface area (Å²) in [5.41, 5.74) is 2.26. The number of ether oxygens (including phenoxy) is 1. The number of ketones is 1. The molecule has 0 heterocycles. The Morgan fingerprint density at radius 2 is 2.18 bits per heavy atom. The lowest BCUT2D eigenvalue weighted by Crippen LogP contribution is -2.00. The van der Waals surface area contributed by atoms with Gasteiger partial charge in [0.2, 0.25) is 0 Å². The SMILES string of the molecule is COCCC1=C(C)CCC1=O. The first-order valence-electron chi connectivity index (χ1n) is 3.96. The van der Waals surface area contributed by atoms with Crippen molar-refractivity contribution in [2.24, 2.45) is 0 Å². The smallest absolute Gasteiger partial charge is 0.159 e. The maximum absolute atomic E-state index is 11.2. The molecule has 1 aliphatic rings. The number of allylic oxidation sites excluding steroid dienone is 1. The molecule has 1 rings (SSSR count). The van der Waals surface area contributed by atoms with E-state index in [9.17, 15) is 4.79 Å². The van der Waals surface area contributed by atoms with Gasteiger partial charge in [-0.1, -0.05) is 5.57 Å². The number of carbonyl (C=O) groups excluding carboxylic acids is 1. The van der Waals surface area contributed by atoms with Crippen LogP contribution in [0.25, 0.3) is 0 Å². The number of methoxy groups -OCH3 is 1. The van der Waals surface area contributed by atoms with Crippen molar-refractivity contribution in [3.05, 3.63) is 11.1 Å². The van der Waals surface area contributed by atoms with Crippen molar-refractivity contribution in [1.82, 2.24) is 0 Å². The van der Waals surface area contributed by atoms with Crippen LogP contribution in [0.1, 0.15) is 26.2 Å². The van der Waals surface area contributed by atoms with E-state index in [-0.39, 0.29) is 0 Å². The van der Waals surface area contributed by atoms with Crippen LogP contribution in [0.4, 0.5) is 0 Å². The van der Waals surface area contributed by atoms with Crippen molar-refractivity contribution < 1.29 is 9.53 Å². The lowest BCUT2D eigenvalue weighted by atomic mass is 10.1. The summed E-state index contributed by atoms with van der Waals surface area (Å²) in [6.45, 7) is 2.70. The Morgan fingerprint density at radius 3 is 2.64 bits per heavy atom. The molecular weight excluding hydrogens is 140 g/mol. The minimum atomic E-state index is 0.319. The number of carbonyl (C=O) groups is 1. The van der Waals surface area contributed by atoms with Gasteiger partial charge >= 0.3 is 0 Å². The molecule has 0 fully saturated rings. The van der Waals surface area contributed by atoms with Gasteiger partial charge in [0.1, 0.15) is 0 Å². The van der Waals surface area contributed by atoms with Gasteiger partial charge < -0.3 is 4.74 Å². The molecule has 0 N–H and O–H groups in total. The molecule has 0 aromatic rings. The maximum Gasteiger partial charge on any atom is 0.159 e. The normalized spacial score (nSPS) is 18.2. The topological polar surface area (TPSA) is 26.3 Å². The second-order valence-corrected chi connectivity index (χ2v) is 2.92. The van der Waals surface area contributed by atoms with Gasteiger partial charge in [0.25, 0.3) is 0 Å². The van der Waals surface area contributed by atoms with E-state index in [0.29, 0.717) is 18.8 Å². The zero-order chi connectivity index (χ0) is 8.27. The number of rotatable bonds is 3. The Labute approximate surface area is 67.2 Å². The fourth-order valence-electron chi connectivity index (χ4n) is 1.40. The molecule has 0 saturated carbocycles. The standard InChI is InChI=1S/C9H14O2/c1-7-3-4-9(10)8(7)5-6-11-2/h3-6H2,1-2H3. The minimum Gasteiger partial charge on any atom is -0.384 e. The predicted molar refractivity (Wildman–Crippen MR) is 43.4 cm³/mol. The Morgan fingerprint density at radius 1 is 1.45 bits per heavy atom. The van der Waals surface area contributed by atoms with Gasteiger partial charge in [0, 0.05) is 13.5 Å². The molecule has 0 aromatic heterocycles. The highest BCUT2D eigenvalue weighted by Crippen LogP contribution is 2.24. The van der Waals surface area contributed by atoms with Crippen molar-refractivity contribution in [2.45, 2.75) is 26.2 Å². The van der Waals surface area contributed by atoms with Crippen LogP contribution in [-0.2, 0) is 9.53 Å². The zero-order valence-electron chi connectivity index (χ0n) is 7.14. The Hall–Kier alpha value is -0.630. The first-order chi connectivity index (χ1) is 5.25. The lowest BCUT2D eigenvalue weighted by molar-refractivity contribution is -0.115. The van der Waals surface area contributed by atoms with Crippen molar-refractivity contribution in [3.63, 3.8) is 0 Å². The van der Waals surface area contributed by atoms with Crippen molar-refractivity contribution >= 4 is 5.78 Å². The average Bonchev–Trinajstić information content (AvgIpc) is 2.29. The molecule has 62 valence electrons. The van der Waals surface area contributed by atoms with E-state index >= 15 is 0 Å². The monoisotopic (exact) mass is 154 g/mol. The lowest BCUT2D eigenvalue weighted by Gasteiger charge is -2.00. The summed E-state index contributed by atoms with van der Waals surface area (Å²) in [4.78, 5) is 11.2. The van der Waals surface area contributed by atoms with Crippen LogP contribution < -0.4 is 0 Å². The first-order valence-corrected chi connectivity index (χ1v) is 3.96. The summed E-state index contributed by atoms with van der Waals surface area (Å²) in [6.07, 6.45) is 2.46. The van der Waals surface area contributed by atoms with Crippen LogP contribution in [0.3, 0.4) is 0 Å². The van der Waals surface area contributed by atoms with Gasteiger partial charge in [0.05, 0.1) is 6.61 Å². The predicted octanol–water partition coefficient (Wildman–Crippen LogP) is 1.70. The molecule has 0 radical (unpaired) electrons. The van der Waals surface area contributed by atoms with E-state index in [1.807, 2.05) is 6.92 Å². The van der Waals surface area contributed by atoms with Gasteiger partial charge in [-0.25, -0.2) is 0 Å². The average molecular weight is 154 g/mol. The Bertz CT molecular complexity index is 192. The summed E-state index contributed by atoms with van der Waals surface area (Å²) in [7, 11) is 1.66. The van der Waals surface area contributed by atoms with E-state index in [2.05, 4.69) is 0 Å². The minimum absolute atomic E-state index is 0.319. The molecule has 11 heavy (non-hydrogen) atoms. The fourth-order valence-corrected chi connectivity index (χ4v) is 1.40. The van der Waals surface area contributed by atoms with Gasteiger partial charge in [-0.3, -0.25) is 4.79 Å². The first kappa shape index (κ1) is 8.47. The highest BCUT2D eigenvalue weighted by atomic mass is 16.5. The summed E-state index contributed by atoms with van der Waals surface area (Å²) in [6, 6.07) is 0. The molecule has 0 saturated heterocycles. The van der Waals surface area contributed by atoms with Crippen LogP contribution in [-0.4, -0.2) is 19.5 Å². The molecule has 0 aliphatic heterocycles. The van der Waals surface area contributed by atoms with E-state index in [0.717, 1.165) is 18.4 Å². The van der Waals surface area contributed by atoms with Gasteiger partial charge in [-0.05, 0) is 25.3 Å². The Balaban J connectivity index is 2.53. The number of Topliss-reactive ketones (excluding diaryl/α,β-unsaturated/α-hetero) is 1.